The van der Waals surface area contributed by atoms with Gasteiger partial charge in [0.15, 0.2) is 0 Å². The summed E-state index contributed by atoms with van der Waals surface area (Å²) in [6.07, 6.45) is 4.21. The van der Waals surface area contributed by atoms with Crippen molar-refractivity contribution in [1.29, 1.82) is 0 Å². The van der Waals surface area contributed by atoms with Gasteiger partial charge in [-0.3, -0.25) is 14.5 Å². The van der Waals surface area contributed by atoms with E-state index >= 15 is 0 Å². The summed E-state index contributed by atoms with van der Waals surface area (Å²) in [6.45, 7) is 4.89. The van der Waals surface area contributed by atoms with Crippen LogP contribution in [-0.4, -0.2) is 40.4 Å². The van der Waals surface area contributed by atoms with Crippen molar-refractivity contribution in [2.24, 2.45) is 0 Å². The number of likely N-dealkylation sites (tertiary alicyclic amines) is 1. The van der Waals surface area contributed by atoms with E-state index in [1.54, 1.807) is 19.1 Å². The fourth-order valence-electron chi connectivity index (χ4n) is 3.86. The average Bonchev–Trinajstić information content (AvgIpc) is 3.07. The summed E-state index contributed by atoms with van der Waals surface area (Å²) in [5, 5.41) is 3.38. The minimum absolute atomic E-state index is 0.189. The van der Waals surface area contributed by atoms with Crippen molar-refractivity contribution in [3.8, 4) is 0 Å². The molecule has 0 radical (unpaired) electrons. The molecule has 3 aromatic rings. The van der Waals surface area contributed by atoms with Crippen LogP contribution < -0.4 is 10.9 Å². The number of thiophene rings is 1. The zero-order valence-corrected chi connectivity index (χ0v) is 17.8. The maximum atomic E-state index is 13.0. The summed E-state index contributed by atoms with van der Waals surface area (Å²) in [5.74, 6) is 0.162. The molecule has 1 aromatic carbocycles. The molecule has 1 aliphatic heterocycles. The lowest BCUT2D eigenvalue weighted by molar-refractivity contribution is 0.0957. The van der Waals surface area contributed by atoms with Crippen molar-refractivity contribution in [3.63, 3.8) is 0 Å². The largest absolute Gasteiger partial charge is 0.351 e. The molecule has 1 aliphatic rings. The number of benzene rings is 1. The number of aromatic nitrogens is 2. The van der Waals surface area contributed by atoms with E-state index in [4.69, 9.17) is 0 Å². The van der Waals surface area contributed by atoms with Gasteiger partial charge in [0.2, 0.25) is 0 Å². The lowest BCUT2D eigenvalue weighted by Gasteiger charge is -2.25. The number of carbonyl (C=O) groups excluding carboxylic acids is 1. The van der Waals surface area contributed by atoms with E-state index in [-0.39, 0.29) is 17.3 Å². The second-order valence-corrected chi connectivity index (χ2v) is 8.72. The lowest BCUT2D eigenvalue weighted by atomic mass is 10.1. The van der Waals surface area contributed by atoms with Gasteiger partial charge in [0, 0.05) is 6.54 Å². The predicted molar refractivity (Wildman–Crippen MR) is 117 cm³/mol. The summed E-state index contributed by atoms with van der Waals surface area (Å²) < 4.78 is 13.0. The molecule has 1 amide bonds. The Hall–Kier alpha value is -2.58. The van der Waals surface area contributed by atoms with Crippen molar-refractivity contribution in [2.45, 2.75) is 39.2 Å². The molecule has 6 nitrogen and oxygen atoms in total. The summed E-state index contributed by atoms with van der Waals surface area (Å²) in [7, 11) is 0. The monoisotopic (exact) mass is 428 g/mol. The van der Waals surface area contributed by atoms with E-state index in [1.807, 2.05) is 0 Å². The quantitative estimate of drug-likeness (QED) is 0.631. The summed E-state index contributed by atoms with van der Waals surface area (Å²) in [5.41, 5.74) is 1.42. The molecule has 3 heterocycles. The Morgan fingerprint density at radius 1 is 1.23 bits per heavy atom. The van der Waals surface area contributed by atoms with E-state index in [0.717, 1.165) is 18.7 Å². The highest BCUT2D eigenvalue weighted by atomic mass is 32.1. The normalized spacial score (nSPS) is 14.9. The van der Waals surface area contributed by atoms with Gasteiger partial charge in [0.25, 0.3) is 11.5 Å². The molecule has 0 atom stereocenters. The zero-order chi connectivity index (χ0) is 21.1. The van der Waals surface area contributed by atoms with Crippen LogP contribution in [-0.2, 0) is 13.0 Å². The molecule has 0 unspecified atom stereocenters. The molecule has 0 saturated carbocycles. The second kappa shape index (κ2) is 9.06. The fraction of sp³-hybridized carbons (Fsp3) is 0.409. The molecule has 0 spiro atoms. The molecule has 0 aliphatic carbocycles. The van der Waals surface area contributed by atoms with Gasteiger partial charge >= 0.3 is 0 Å². The third-order valence-corrected chi connectivity index (χ3v) is 6.67. The summed E-state index contributed by atoms with van der Waals surface area (Å²) in [4.78, 5) is 36.3. The van der Waals surface area contributed by atoms with E-state index in [1.165, 1.54) is 42.7 Å². The van der Waals surface area contributed by atoms with Crippen LogP contribution in [0.5, 0.6) is 0 Å². The predicted octanol–water partition coefficient (Wildman–Crippen LogP) is 3.39. The van der Waals surface area contributed by atoms with Crippen LogP contribution in [0.4, 0.5) is 4.39 Å². The molecule has 1 fully saturated rings. The average molecular weight is 429 g/mol. The number of halogens is 1. The number of rotatable bonds is 6. The molecule has 2 aromatic heterocycles. The number of H-pyrrole nitrogens is 1. The van der Waals surface area contributed by atoms with Crippen LogP contribution in [0.2, 0.25) is 0 Å². The van der Waals surface area contributed by atoms with E-state index < -0.39 is 0 Å². The van der Waals surface area contributed by atoms with E-state index in [9.17, 15) is 14.0 Å². The second-order valence-electron chi connectivity index (χ2n) is 7.72. The van der Waals surface area contributed by atoms with Crippen LogP contribution in [0.1, 0.15) is 45.9 Å². The van der Waals surface area contributed by atoms with Crippen LogP contribution >= 0.6 is 11.3 Å². The highest BCUT2D eigenvalue weighted by molar-refractivity contribution is 7.20. The maximum absolute atomic E-state index is 13.0. The van der Waals surface area contributed by atoms with Gasteiger partial charge in [0.1, 0.15) is 16.5 Å². The number of nitrogens with one attached hydrogen (secondary N) is 2. The minimum Gasteiger partial charge on any atom is -0.351 e. The minimum atomic E-state index is -0.277. The van der Waals surface area contributed by atoms with Crippen molar-refractivity contribution < 1.29 is 9.18 Å². The third kappa shape index (κ3) is 4.60. The molecule has 0 bridgehead atoms. The van der Waals surface area contributed by atoms with Gasteiger partial charge in [0.05, 0.1) is 16.8 Å². The number of nitrogens with zero attached hydrogens (tertiary/aromatic N) is 2. The molecule has 1 saturated heterocycles. The number of amides is 1. The summed E-state index contributed by atoms with van der Waals surface area (Å²) >= 11 is 1.26. The highest BCUT2D eigenvalue weighted by Gasteiger charge is 2.20. The number of carbonyl (C=O) groups is 1. The van der Waals surface area contributed by atoms with Crippen molar-refractivity contribution in [1.82, 2.24) is 20.2 Å². The smallest absolute Gasteiger partial charge is 0.261 e. The summed E-state index contributed by atoms with van der Waals surface area (Å²) in [6, 6.07) is 6.23. The van der Waals surface area contributed by atoms with Gasteiger partial charge in [-0.2, -0.15) is 0 Å². The highest BCUT2D eigenvalue weighted by Crippen LogP contribution is 2.27. The molecule has 8 heteroatoms. The first-order valence-electron chi connectivity index (χ1n) is 10.3. The van der Waals surface area contributed by atoms with Crippen LogP contribution in [0.3, 0.4) is 0 Å². The first-order chi connectivity index (χ1) is 14.5. The maximum Gasteiger partial charge on any atom is 0.261 e. The number of aromatic amines is 1. The Labute approximate surface area is 178 Å². The van der Waals surface area contributed by atoms with Crippen molar-refractivity contribution >= 4 is 27.5 Å². The Morgan fingerprint density at radius 3 is 2.70 bits per heavy atom. The fourth-order valence-corrected chi connectivity index (χ4v) is 4.98. The standard InChI is InChI=1S/C22H25FN4O2S/c1-14-18-20(28)25-17(13-27-11-3-2-4-12-27)26-22(18)30-19(14)21(29)24-10-9-15-5-7-16(23)8-6-15/h5-8H,2-4,9-13H2,1H3,(H,24,29)(H,25,26,28). The molecule has 4 rings (SSSR count). The van der Waals surface area contributed by atoms with Crippen molar-refractivity contribution in [2.75, 3.05) is 19.6 Å². The topological polar surface area (TPSA) is 78.1 Å². The Morgan fingerprint density at radius 2 is 1.97 bits per heavy atom. The van der Waals surface area contributed by atoms with Gasteiger partial charge in [-0.1, -0.05) is 18.6 Å². The SMILES string of the molecule is Cc1c(C(=O)NCCc2ccc(F)cc2)sc2nc(CN3CCCCC3)[nH]c(=O)c12. The lowest BCUT2D eigenvalue weighted by Crippen LogP contribution is -2.30. The van der Waals surface area contributed by atoms with Crippen LogP contribution in [0.15, 0.2) is 29.1 Å². The van der Waals surface area contributed by atoms with Gasteiger partial charge in [-0.25, -0.2) is 9.37 Å². The van der Waals surface area contributed by atoms with Crippen molar-refractivity contribution in [3.05, 3.63) is 62.3 Å². The molecule has 158 valence electrons. The molecule has 30 heavy (non-hydrogen) atoms. The first kappa shape index (κ1) is 20.7. The van der Waals surface area contributed by atoms with E-state index in [2.05, 4.69) is 20.2 Å². The number of hydrogen-bond donors (Lipinski definition) is 2. The van der Waals surface area contributed by atoms with Crippen LogP contribution in [0, 0.1) is 12.7 Å². The number of aryl methyl sites for hydroxylation is 1. The van der Waals surface area contributed by atoms with Gasteiger partial charge in [-0.15, -0.1) is 11.3 Å². The van der Waals surface area contributed by atoms with Gasteiger partial charge in [-0.05, 0) is 62.5 Å². The third-order valence-electron chi connectivity index (χ3n) is 5.49. The van der Waals surface area contributed by atoms with E-state index in [0.29, 0.717) is 46.0 Å². The Balaban J connectivity index is 1.47. The number of piperidine rings is 1. The number of hydrogen-bond acceptors (Lipinski definition) is 5. The Kier molecular flexibility index (Phi) is 6.24. The number of fused-ring (bicyclic) bond motifs is 1. The molecule has 2 N–H and O–H groups in total. The first-order valence-corrected chi connectivity index (χ1v) is 11.1. The Bertz CT molecular complexity index is 1100. The molecular formula is C22H25FN4O2S. The van der Waals surface area contributed by atoms with Gasteiger partial charge < -0.3 is 10.3 Å². The van der Waals surface area contributed by atoms with Crippen LogP contribution in [0.25, 0.3) is 10.2 Å². The zero-order valence-electron chi connectivity index (χ0n) is 17.0. The molecular weight excluding hydrogens is 403 g/mol.